The molecule has 1 aliphatic rings. The second-order valence-corrected chi connectivity index (χ2v) is 13.1. The predicted molar refractivity (Wildman–Crippen MR) is 194 cm³/mol. The Hall–Kier alpha value is -4.10. The van der Waals surface area contributed by atoms with Crippen LogP contribution in [0.15, 0.2) is 79.4 Å². The number of nitrogens with one attached hydrogen (secondary N) is 3. The average Bonchev–Trinajstić information content (AvgIpc) is 3.20. The molecule has 1 saturated heterocycles. The number of hydrogen-bond acceptors (Lipinski definition) is 7. The number of rotatable bonds is 15. The first-order chi connectivity index (χ1) is 23.2. The lowest BCUT2D eigenvalue weighted by molar-refractivity contribution is -0.141. The van der Waals surface area contributed by atoms with Gasteiger partial charge in [-0.3, -0.25) is 9.59 Å². The number of ether oxygens (including phenoxy) is 2. The summed E-state index contributed by atoms with van der Waals surface area (Å²) in [5, 5.41) is 18.9. The summed E-state index contributed by atoms with van der Waals surface area (Å²) in [6.07, 6.45) is 4.05. The van der Waals surface area contributed by atoms with Crippen molar-refractivity contribution in [2.24, 2.45) is 5.92 Å². The lowest BCUT2D eigenvalue weighted by atomic mass is 9.90. The first-order valence-electron chi connectivity index (χ1n) is 16.1. The van der Waals surface area contributed by atoms with Crippen molar-refractivity contribution >= 4 is 40.3 Å². The lowest BCUT2D eigenvalue weighted by Gasteiger charge is -2.36. The number of urea groups is 1. The Morgan fingerprint density at radius 3 is 2.46 bits per heavy atom. The fourth-order valence-corrected chi connectivity index (χ4v) is 6.52. The van der Waals surface area contributed by atoms with Crippen LogP contribution in [0.1, 0.15) is 42.4 Å². The maximum atomic E-state index is 14.1. The van der Waals surface area contributed by atoms with Gasteiger partial charge in [0.15, 0.2) is 17.3 Å². The number of nitrogens with zero attached hydrogens (tertiary/aromatic N) is 1. The van der Waals surface area contributed by atoms with Crippen LogP contribution in [0.25, 0.3) is 0 Å². The molecule has 3 amide bonds. The number of amides is 3. The normalized spacial score (nSPS) is 17.7. The van der Waals surface area contributed by atoms with E-state index in [2.05, 4.69) is 45.1 Å². The van der Waals surface area contributed by atoms with Gasteiger partial charge in [0.05, 0.1) is 26.8 Å². The molecule has 0 spiro atoms. The van der Waals surface area contributed by atoms with Crippen LogP contribution in [0.5, 0.6) is 17.2 Å². The SMILES string of the molecule is C=CCNCC(=O)N1[C@@H](NC(=O)NCc2ccc(I)cc2)CC(CCCc2cccc(OC)c2OC)CC(=O)[C@@H]1Cc1ccc(O)cc1. The Morgan fingerprint density at radius 1 is 1.04 bits per heavy atom. The molecule has 0 aliphatic carbocycles. The van der Waals surface area contributed by atoms with Crippen LogP contribution >= 0.6 is 22.6 Å². The highest BCUT2D eigenvalue weighted by molar-refractivity contribution is 14.1. The zero-order chi connectivity index (χ0) is 34.5. The third-order valence-electron chi connectivity index (χ3n) is 8.51. The van der Waals surface area contributed by atoms with E-state index in [1.165, 1.54) is 0 Å². The number of Topliss-reactive ketones (excluding diaryl/α,β-unsaturated/α-hetero) is 1. The van der Waals surface area contributed by atoms with E-state index in [1.807, 2.05) is 42.5 Å². The van der Waals surface area contributed by atoms with Crippen LogP contribution < -0.4 is 25.4 Å². The van der Waals surface area contributed by atoms with Gasteiger partial charge in [-0.05, 0) is 101 Å². The fourth-order valence-electron chi connectivity index (χ4n) is 6.16. The molecule has 0 saturated carbocycles. The van der Waals surface area contributed by atoms with Gasteiger partial charge in [-0.15, -0.1) is 6.58 Å². The Labute approximate surface area is 296 Å². The number of likely N-dealkylation sites (tertiary alicyclic amines) is 1. The molecule has 0 bridgehead atoms. The van der Waals surface area contributed by atoms with Gasteiger partial charge in [-0.1, -0.05) is 42.5 Å². The molecular weight excluding hydrogens is 723 g/mol. The molecule has 3 aromatic carbocycles. The molecule has 0 radical (unpaired) electrons. The van der Waals surface area contributed by atoms with E-state index < -0.39 is 18.2 Å². The Kier molecular flexibility index (Phi) is 14.1. The van der Waals surface area contributed by atoms with Crippen molar-refractivity contribution in [1.82, 2.24) is 20.9 Å². The number of phenolic OH excluding ortho intramolecular Hbond substituents is 1. The number of methoxy groups -OCH3 is 2. The van der Waals surface area contributed by atoms with Crippen LogP contribution in [0, 0.1) is 9.49 Å². The molecule has 1 heterocycles. The first-order valence-corrected chi connectivity index (χ1v) is 17.2. The van der Waals surface area contributed by atoms with E-state index in [-0.39, 0.29) is 42.7 Å². The summed E-state index contributed by atoms with van der Waals surface area (Å²) in [7, 11) is 3.23. The molecule has 3 atom stereocenters. The van der Waals surface area contributed by atoms with Gasteiger partial charge in [-0.25, -0.2) is 4.79 Å². The van der Waals surface area contributed by atoms with Gasteiger partial charge in [0.2, 0.25) is 5.91 Å². The van der Waals surface area contributed by atoms with Crippen molar-refractivity contribution in [3.63, 3.8) is 0 Å². The minimum absolute atomic E-state index is 0.0197. The number of para-hydroxylation sites is 1. The van der Waals surface area contributed by atoms with Crippen molar-refractivity contribution in [2.45, 2.75) is 57.3 Å². The standard InChI is InChI=1S/C37H45IN4O6/c1-4-19-39-24-35(45)42-31(20-25-13-17-30(43)18-14-25)32(44)21-27(7-5-8-28-9-6-10-33(47-2)36(28)48-3)22-34(42)41-37(46)40-23-26-11-15-29(38)16-12-26/h4,6,9-18,27,31,34,39,43H,1,5,7-8,19-24H2,2-3H3,(H2,40,41,46)/t27?,31-,34+/m0/s1. The van der Waals surface area contributed by atoms with E-state index in [0.717, 1.165) is 26.7 Å². The highest BCUT2D eigenvalue weighted by Crippen LogP contribution is 2.34. The van der Waals surface area contributed by atoms with Crippen molar-refractivity contribution in [1.29, 1.82) is 0 Å². The Morgan fingerprint density at radius 2 is 1.77 bits per heavy atom. The number of ketones is 1. The average molecular weight is 769 g/mol. The van der Waals surface area contributed by atoms with Gasteiger partial charge in [0, 0.05) is 29.5 Å². The van der Waals surface area contributed by atoms with E-state index >= 15 is 0 Å². The topological polar surface area (TPSA) is 129 Å². The molecule has 1 aliphatic heterocycles. The molecule has 4 rings (SSSR count). The number of aryl methyl sites for hydroxylation is 1. The summed E-state index contributed by atoms with van der Waals surface area (Å²) >= 11 is 2.23. The van der Waals surface area contributed by atoms with Gasteiger partial charge >= 0.3 is 6.03 Å². The summed E-state index contributed by atoms with van der Waals surface area (Å²) in [5.74, 6) is 1.03. The number of carbonyl (C=O) groups is 3. The molecule has 1 fully saturated rings. The van der Waals surface area contributed by atoms with E-state index in [9.17, 15) is 19.5 Å². The summed E-state index contributed by atoms with van der Waals surface area (Å²) < 4.78 is 12.2. The molecule has 0 aromatic heterocycles. The van der Waals surface area contributed by atoms with Crippen LogP contribution in [-0.2, 0) is 29.0 Å². The maximum Gasteiger partial charge on any atom is 0.316 e. The van der Waals surface area contributed by atoms with E-state index in [0.29, 0.717) is 43.9 Å². The predicted octanol–water partition coefficient (Wildman–Crippen LogP) is 5.36. The number of benzene rings is 3. The molecular formula is C37H45IN4O6. The molecule has 48 heavy (non-hydrogen) atoms. The highest BCUT2D eigenvalue weighted by Gasteiger charge is 2.40. The van der Waals surface area contributed by atoms with Crippen LogP contribution in [0.4, 0.5) is 4.79 Å². The van der Waals surface area contributed by atoms with Crippen molar-refractivity contribution in [3.8, 4) is 17.2 Å². The minimum atomic E-state index is -0.808. The van der Waals surface area contributed by atoms with Crippen LogP contribution in [0.3, 0.4) is 0 Å². The monoisotopic (exact) mass is 768 g/mol. The minimum Gasteiger partial charge on any atom is -0.508 e. The molecule has 4 N–H and O–H groups in total. The summed E-state index contributed by atoms with van der Waals surface area (Å²) in [5.41, 5.74) is 2.75. The lowest BCUT2D eigenvalue weighted by Crippen LogP contribution is -2.59. The molecule has 256 valence electrons. The number of aromatic hydroxyl groups is 1. The van der Waals surface area contributed by atoms with Crippen molar-refractivity contribution in [3.05, 3.63) is 99.6 Å². The zero-order valence-electron chi connectivity index (χ0n) is 27.5. The Balaban J connectivity index is 1.59. The zero-order valence-corrected chi connectivity index (χ0v) is 29.7. The number of phenols is 1. The third kappa shape index (κ3) is 10.4. The molecule has 10 nitrogen and oxygen atoms in total. The summed E-state index contributed by atoms with van der Waals surface area (Å²) in [6.45, 7) is 4.43. The van der Waals surface area contributed by atoms with Gasteiger partial charge in [0.25, 0.3) is 0 Å². The summed E-state index contributed by atoms with van der Waals surface area (Å²) in [4.78, 5) is 42.9. The number of hydrogen-bond donors (Lipinski definition) is 4. The smallest absolute Gasteiger partial charge is 0.316 e. The van der Waals surface area contributed by atoms with Gasteiger partial charge in [-0.2, -0.15) is 0 Å². The van der Waals surface area contributed by atoms with Gasteiger partial charge < -0.3 is 35.4 Å². The second kappa shape index (κ2) is 18.4. The largest absolute Gasteiger partial charge is 0.508 e. The maximum absolute atomic E-state index is 14.1. The third-order valence-corrected chi connectivity index (χ3v) is 9.23. The Bertz CT molecular complexity index is 1530. The van der Waals surface area contributed by atoms with E-state index in [1.54, 1.807) is 49.5 Å². The second-order valence-electron chi connectivity index (χ2n) is 11.9. The number of halogens is 1. The molecule has 11 heteroatoms. The molecule has 1 unspecified atom stereocenters. The van der Waals surface area contributed by atoms with E-state index in [4.69, 9.17) is 9.47 Å². The highest BCUT2D eigenvalue weighted by atomic mass is 127. The quantitative estimate of drug-likeness (QED) is 0.0932. The van der Waals surface area contributed by atoms with Crippen LogP contribution in [-0.4, -0.2) is 67.2 Å². The number of carbonyl (C=O) groups excluding carboxylic acids is 3. The summed E-state index contributed by atoms with van der Waals surface area (Å²) in [6, 6.07) is 19.1. The van der Waals surface area contributed by atoms with Gasteiger partial charge in [0.1, 0.15) is 11.9 Å². The molecule has 3 aromatic rings. The first kappa shape index (κ1) is 36.7. The fraction of sp³-hybridized carbons (Fsp3) is 0.378. The van der Waals surface area contributed by atoms with Crippen molar-refractivity contribution in [2.75, 3.05) is 27.3 Å². The van der Waals surface area contributed by atoms with Crippen molar-refractivity contribution < 1.29 is 29.0 Å². The van der Waals surface area contributed by atoms with Crippen LogP contribution in [0.2, 0.25) is 0 Å².